The van der Waals surface area contributed by atoms with Gasteiger partial charge in [-0.3, -0.25) is 0 Å². The van der Waals surface area contributed by atoms with Gasteiger partial charge in [0.05, 0.1) is 12.9 Å². The zero-order chi connectivity index (χ0) is 12.0. The van der Waals surface area contributed by atoms with Gasteiger partial charge < -0.3 is 4.74 Å². The Kier molecular flexibility index (Phi) is 24.6. The highest BCUT2D eigenvalue weighted by atomic mass is 16.5. The van der Waals surface area contributed by atoms with Crippen molar-refractivity contribution in [3.8, 4) is 0 Å². The average Bonchev–Trinajstić information content (AvgIpc) is 2.30. The van der Waals surface area contributed by atoms with Crippen molar-refractivity contribution in [3.63, 3.8) is 0 Å². The Labute approximate surface area is 90.9 Å². The molecule has 0 saturated carbocycles. The third-order valence-electron chi connectivity index (χ3n) is 1.49. The second-order valence-electron chi connectivity index (χ2n) is 2.18. The average molecular weight is 200 g/mol. The van der Waals surface area contributed by atoms with E-state index in [1.807, 2.05) is 41.5 Å². The first-order chi connectivity index (χ1) is 6.74. The molecule has 0 aromatic carbocycles. The van der Waals surface area contributed by atoms with Gasteiger partial charge in [-0.25, -0.2) is 0 Å². The fourth-order valence-electron chi connectivity index (χ4n) is 0.710. The van der Waals surface area contributed by atoms with E-state index < -0.39 is 0 Å². The number of rotatable bonds is 3. The first-order valence-corrected chi connectivity index (χ1v) is 5.62. The van der Waals surface area contributed by atoms with Crippen molar-refractivity contribution in [1.82, 2.24) is 0 Å². The maximum absolute atomic E-state index is 5.00. The maximum atomic E-state index is 5.00. The summed E-state index contributed by atoms with van der Waals surface area (Å²) in [5.41, 5.74) is 1.32. The molecule has 0 aromatic rings. The minimum atomic E-state index is 0.968. The number of hydrogen-bond donors (Lipinski definition) is 0. The molecule has 0 aliphatic rings. The van der Waals surface area contributed by atoms with E-state index in [0.717, 1.165) is 12.2 Å². The summed E-state index contributed by atoms with van der Waals surface area (Å²) in [6.07, 6.45) is 5.22. The summed E-state index contributed by atoms with van der Waals surface area (Å²) < 4.78 is 5.00. The van der Waals surface area contributed by atoms with Crippen LogP contribution in [0, 0.1) is 0 Å². The molecule has 0 fully saturated rings. The molecule has 0 N–H and O–H groups in total. The lowest BCUT2D eigenvalue weighted by Crippen LogP contribution is -1.81. The summed E-state index contributed by atoms with van der Waals surface area (Å²) in [5, 5.41) is 0. The minimum Gasteiger partial charge on any atom is -0.501 e. The third kappa shape index (κ3) is 13.8. The van der Waals surface area contributed by atoms with Gasteiger partial charge in [0.2, 0.25) is 0 Å². The largest absolute Gasteiger partial charge is 0.501 e. The van der Waals surface area contributed by atoms with Crippen LogP contribution in [0.5, 0.6) is 0 Å². The van der Waals surface area contributed by atoms with Crippen molar-refractivity contribution in [2.75, 3.05) is 7.11 Å². The van der Waals surface area contributed by atoms with Crippen LogP contribution in [0.4, 0.5) is 0 Å². The molecule has 0 bridgehead atoms. The molecule has 0 radical (unpaired) electrons. The molecule has 0 atom stereocenters. The quantitative estimate of drug-likeness (QED) is 0.463. The SMILES string of the molecule is C/C=C(\C=C(/C)OC)CC.CC.CC. The molecule has 0 aromatic heterocycles. The Balaban J connectivity index is -0.000000266. The van der Waals surface area contributed by atoms with E-state index >= 15 is 0 Å². The molecule has 0 aliphatic heterocycles. The standard InChI is InChI=1S/C9H16O.2C2H6/c1-5-9(6-2)7-8(3)10-4;2*1-2/h5,7H,6H2,1-4H3;2*1-2H3/b8-7+,9-5-;;. The zero-order valence-electron chi connectivity index (χ0n) is 11.3. The Morgan fingerprint density at radius 1 is 1.14 bits per heavy atom. The first kappa shape index (κ1) is 18.9. The van der Waals surface area contributed by atoms with Gasteiger partial charge in [0.1, 0.15) is 0 Å². The molecule has 0 unspecified atom stereocenters. The monoisotopic (exact) mass is 200 g/mol. The molecule has 14 heavy (non-hydrogen) atoms. The Morgan fingerprint density at radius 3 is 1.79 bits per heavy atom. The maximum Gasteiger partial charge on any atom is 0.0927 e. The van der Waals surface area contributed by atoms with Gasteiger partial charge >= 0.3 is 0 Å². The van der Waals surface area contributed by atoms with Gasteiger partial charge in [-0.15, -0.1) is 0 Å². The second-order valence-corrected chi connectivity index (χ2v) is 2.18. The van der Waals surface area contributed by atoms with Crippen molar-refractivity contribution < 1.29 is 4.74 Å². The molecular weight excluding hydrogens is 172 g/mol. The first-order valence-electron chi connectivity index (χ1n) is 5.62. The van der Waals surface area contributed by atoms with Crippen LogP contribution in [0.2, 0.25) is 0 Å². The summed E-state index contributed by atoms with van der Waals surface area (Å²) in [7, 11) is 1.69. The Hall–Kier alpha value is -0.720. The smallest absolute Gasteiger partial charge is 0.0927 e. The zero-order valence-corrected chi connectivity index (χ0v) is 11.3. The van der Waals surface area contributed by atoms with Gasteiger partial charge in [0, 0.05) is 0 Å². The molecule has 86 valence electrons. The molecule has 0 spiro atoms. The van der Waals surface area contributed by atoms with Crippen LogP contribution >= 0.6 is 0 Å². The van der Waals surface area contributed by atoms with E-state index in [-0.39, 0.29) is 0 Å². The van der Waals surface area contributed by atoms with Gasteiger partial charge in [-0.1, -0.05) is 40.7 Å². The molecule has 0 aliphatic carbocycles. The van der Waals surface area contributed by atoms with E-state index in [0.29, 0.717) is 0 Å². The van der Waals surface area contributed by atoms with Crippen molar-refractivity contribution in [3.05, 3.63) is 23.5 Å². The van der Waals surface area contributed by atoms with Crippen molar-refractivity contribution in [2.45, 2.75) is 54.9 Å². The van der Waals surface area contributed by atoms with Crippen LogP contribution in [0.1, 0.15) is 54.9 Å². The fraction of sp³-hybridized carbons (Fsp3) is 0.692. The summed E-state index contributed by atoms with van der Waals surface area (Å²) >= 11 is 0. The lowest BCUT2D eigenvalue weighted by molar-refractivity contribution is 0.293. The van der Waals surface area contributed by atoms with E-state index in [1.54, 1.807) is 7.11 Å². The molecule has 1 heteroatoms. The number of ether oxygens (including phenoxy) is 1. The molecule has 0 saturated heterocycles. The highest BCUT2D eigenvalue weighted by molar-refractivity contribution is 5.18. The predicted octanol–water partition coefficient (Wildman–Crippen LogP) is 4.95. The Morgan fingerprint density at radius 2 is 1.57 bits per heavy atom. The van der Waals surface area contributed by atoms with Gasteiger partial charge in [0.15, 0.2) is 0 Å². The summed E-state index contributed by atoms with van der Waals surface area (Å²) in [6, 6.07) is 0. The minimum absolute atomic E-state index is 0.968. The summed E-state index contributed by atoms with van der Waals surface area (Å²) in [5.74, 6) is 0.968. The van der Waals surface area contributed by atoms with Gasteiger partial charge in [-0.05, 0) is 31.9 Å². The van der Waals surface area contributed by atoms with Crippen LogP contribution in [-0.2, 0) is 4.74 Å². The molecule has 0 rings (SSSR count). The highest BCUT2D eigenvalue weighted by Crippen LogP contribution is 2.05. The molecule has 0 amide bonds. The molecule has 1 nitrogen and oxygen atoms in total. The number of methoxy groups -OCH3 is 1. The topological polar surface area (TPSA) is 9.23 Å². The van der Waals surface area contributed by atoms with E-state index in [1.165, 1.54) is 5.57 Å². The van der Waals surface area contributed by atoms with Gasteiger partial charge in [0.25, 0.3) is 0 Å². The Bertz CT molecular complexity index is 143. The van der Waals surface area contributed by atoms with Crippen LogP contribution in [0.25, 0.3) is 0 Å². The van der Waals surface area contributed by atoms with Crippen LogP contribution in [0.15, 0.2) is 23.5 Å². The number of allylic oxidation sites excluding steroid dienone is 4. The molecule has 0 heterocycles. The van der Waals surface area contributed by atoms with Gasteiger partial charge in [-0.2, -0.15) is 0 Å². The van der Waals surface area contributed by atoms with E-state index in [4.69, 9.17) is 4.74 Å². The van der Waals surface area contributed by atoms with E-state index in [9.17, 15) is 0 Å². The number of hydrogen-bond acceptors (Lipinski definition) is 1. The highest BCUT2D eigenvalue weighted by Gasteiger charge is 1.88. The lowest BCUT2D eigenvalue weighted by Gasteiger charge is -1.99. The van der Waals surface area contributed by atoms with Crippen molar-refractivity contribution in [2.24, 2.45) is 0 Å². The molecular formula is C13H28O. The summed E-state index contributed by atoms with van der Waals surface area (Å²) in [4.78, 5) is 0. The summed E-state index contributed by atoms with van der Waals surface area (Å²) in [6.45, 7) is 14.1. The van der Waals surface area contributed by atoms with Crippen molar-refractivity contribution in [1.29, 1.82) is 0 Å². The van der Waals surface area contributed by atoms with E-state index in [2.05, 4.69) is 19.1 Å². The van der Waals surface area contributed by atoms with Crippen LogP contribution in [-0.4, -0.2) is 7.11 Å². The third-order valence-corrected chi connectivity index (χ3v) is 1.49. The normalized spacial score (nSPS) is 10.6. The van der Waals surface area contributed by atoms with Crippen molar-refractivity contribution >= 4 is 0 Å². The lowest BCUT2D eigenvalue weighted by atomic mass is 10.2. The fourth-order valence-corrected chi connectivity index (χ4v) is 0.710. The van der Waals surface area contributed by atoms with Crippen LogP contribution < -0.4 is 0 Å². The van der Waals surface area contributed by atoms with Crippen LogP contribution in [0.3, 0.4) is 0 Å². The predicted molar refractivity (Wildman–Crippen MR) is 67.5 cm³/mol. The second kappa shape index (κ2) is 18.1.